The van der Waals surface area contributed by atoms with Crippen molar-refractivity contribution in [1.29, 1.82) is 0 Å². The monoisotopic (exact) mass is 280 g/mol. The molecule has 0 spiro atoms. The molecule has 4 nitrogen and oxygen atoms in total. The van der Waals surface area contributed by atoms with Gasteiger partial charge in [0.2, 0.25) is 5.78 Å². The molecule has 2 aromatic heterocycles. The minimum Gasteiger partial charge on any atom is -0.475 e. The van der Waals surface area contributed by atoms with Crippen LogP contribution in [-0.2, 0) is 9.59 Å². The summed E-state index contributed by atoms with van der Waals surface area (Å²) in [4.78, 5) is 34.4. The molecule has 0 aliphatic carbocycles. The lowest BCUT2D eigenvalue weighted by atomic mass is 10.1. The molecular weight excluding hydrogens is 272 g/mol. The van der Waals surface area contributed by atoms with Crippen molar-refractivity contribution in [3.05, 3.63) is 33.8 Å². The van der Waals surface area contributed by atoms with Crippen LogP contribution in [0, 0.1) is 0 Å². The molecule has 0 radical (unpaired) electrons. The van der Waals surface area contributed by atoms with E-state index in [-0.39, 0.29) is 0 Å². The first-order valence-corrected chi connectivity index (χ1v) is 6.75. The van der Waals surface area contributed by atoms with Gasteiger partial charge in [0.05, 0.1) is 11.3 Å². The smallest absolute Gasteiger partial charge is 0.372 e. The van der Waals surface area contributed by atoms with E-state index in [2.05, 4.69) is 0 Å². The third-order valence-electron chi connectivity index (χ3n) is 2.24. The molecule has 6 heteroatoms. The molecular formula is C12H8O4S2. The fourth-order valence-corrected chi connectivity index (χ4v) is 3.00. The number of carboxylic acid groups (broad SMARTS) is 1. The van der Waals surface area contributed by atoms with Crippen LogP contribution in [-0.4, -0.2) is 22.6 Å². The summed E-state index contributed by atoms with van der Waals surface area (Å²) in [5.74, 6) is -3.10. The standard InChI is InChI=1S/C12H8O4S2/c13-8(5-9(14)12(15)16)11-4-7(6-18-11)10-2-1-3-17-10/h1-4,6H,5H2,(H,15,16). The maximum Gasteiger partial charge on any atom is 0.372 e. The van der Waals surface area contributed by atoms with Crippen LogP contribution in [0.3, 0.4) is 0 Å². The molecule has 0 unspecified atom stereocenters. The lowest BCUT2D eigenvalue weighted by molar-refractivity contribution is -0.148. The van der Waals surface area contributed by atoms with E-state index in [1.807, 2.05) is 22.9 Å². The van der Waals surface area contributed by atoms with Crippen molar-refractivity contribution in [2.75, 3.05) is 0 Å². The van der Waals surface area contributed by atoms with Gasteiger partial charge in [-0.05, 0) is 17.5 Å². The van der Waals surface area contributed by atoms with Crippen LogP contribution < -0.4 is 0 Å². The maximum atomic E-state index is 11.7. The number of aliphatic carboxylic acids is 1. The minimum absolute atomic E-state index is 0.410. The molecule has 0 bridgehead atoms. The topological polar surface area (TPSA) is 71.4 Å². The summed E-state index contributed by atoms with van der Waals surface area (Å²) in [5.41, 5.74) is 0.918. The summed E-state index contributed by atoms with van der Waals surface area (Å²) in [6, 6.07) is 5.53. The molecule has 0 aliphatic heterocycles. The van der Waals surface area contributed by atoms with Gasteiger partial charge < -0.3 is 5.11 Å². The lowest BCUT2D eigenvalue weighted by Crippen LogP contribution is -2.16. The van der Waals surface area contributed by atoms with Gasteiger partial charge in [-0.1, -0.05) is 6.07 Å². The van der Waals surface area contributed by atoms with Gasteiger partial charge in [0.1, 0.15) is 0 Å². The average Bonchev–Trinajstić information content (AvgIpc) is 2.99. The van der Waals surface area contributed by atoms with Crippen LogP contribution in [0.2, 0.25) is 0 Å². The zero-order chi connectivity index (χ0) is 13.1. The first-order valence-electron chi connectivity index (χ1n) is 4.99. The highest BCUT2D eigenvalue weighted by Crippen LogP contribution is 2.29. The Morgan fingerprint density at radius 1 is 1.22 bits per heavy atom. The van der Waals surface area contributed by atoms with E-state index in [0.717, 1.165) is 10.4 Å². The highest BCUT2D eigenvalue weighted by atomic mass is 32.1. The molecule has 0 saturated heterocycles. The summed E-state index contributed by atoms with van der Waals surface area (Å²) >= 11 is 2.78. The number of hydrogen-bond donors (Lipinski definition) is 1. The molecule has 1 N–H and O–H groups in total. The van der Waals surface area contributed by atoms with Gasteiger partial charge >= 0.3 is 5.97 Å². The van der Waals surface area contributed by atoms with Crippen molar-refractivity contribution < 1.29 is 19.5 Å². The SMILES string of the molecule is O=C(O)C(=O)CC(=O)c1cc(-c2cccs2)cs1. The molecule has 2 aromatic rings. The first-order chi connectivity index (χ1) is 8.58. The van der Waals surface area contributed by atoms with Crippen LogP contribution in [0.1, 0.15) is 16.1 Å². The zero-order valence-corrected chi connectivity index (χ0v) is 10.7. The number of thiophene rings is 2. The molecule has 0 amide bonds. The van der Waals surface area contributed by atoms with E-state index in [0.29, 0.717) is 4.88 Å². The Labute approximate surface area is 111 Å². The highest BCUT2D eigenvalue weighted by molar-refractivity contribution is 7.15. The van der Waals surface area contributed by atoms with Crippen LogP contribution in [0.5, 0.6) is 0 Å². The van der Waals surface area contributed by atoms with Crippen molar-refractivity contribution in [2.24, 2.45) is 0 Å². The summed E-state index contributed by atoms with van der Waals surface area (Å²) in [7, 11) is 0. The Morgan fingerprint density at radius 2 is 2.00 bits per heavy atom. The predicted octanol–water partition coefficient (Wildman–Crippen LogP) is 2.70. The lowest BCUT2D eigenvalue weighted by Gasteiger charge is -1.93. The quantitative estimate of drug-likeness (QED) is 0.519. The number of Topliss-reactive ketones (excluding diaryl/α,β-unsaturated/α-hetero) is 2. The van der Waals surface area contributed by atoms with E-state index in [9.17, 15) is 14.4 Å². The van der Waals surface area contributed by atoms with E-state index >= 15 is 0 Å². The van der Waals surface area contributed by atoms with E-state index in [4.69, 9.17) is 5.11 Å². The van der Waals surface area contributed by atoms with E-state index in [1.165, 1.54) is 11.3 Å². The molecule has 0 atom stereocenters. The average molecular weight is 280 g/mol. The van der Waals surface area contributed by atoms with E-state index < -0.39 is 24.0 Å². The van der Waals surface area contributed by atoms with Crippen LogP contribution in [0.15, 0.2) is 29.0 Å². The van der Waals surface area contributed by atoms with E-state index in [1.54, 1.807) is 17.4 Å². The minimum atomic E-state index is -1.57. The summed E-state index contributed by atoms with van der Waals surface area (Å²) in [6.45, 7) is 0. The van der Waals surface area contributed by atoms with Crippen LogP contribution in [0.25, 0.3) is 10.4 Å². The number of rotatable bonds is 5. The maximum absolute atomic E-state index is 11.7. The second-order valence-corrected chi connectivity index (χ2v) is 5.36. The van der Waals surface area contributed by atoms with Crippen molar-refractivity contribution in [3.8, 4) is 10.4 Å². The van der Waals surface area contributed by atoms with Gasteiger partial charge in [-0.25, -0.2) is 4.79 Å². The van der Waals surface area contributed by atoms with Crippen molar-refractivity contribution in [2.45, 2.75) is 6.42 Å². The molecule has 2 heterocycles. The van der Waals surface area contributed by atoms with Crippen LogP contribution in [0.4, 0.5) is 0 Å². The Balaban J connectivity index is 2.13. The predicted molar refractivity (Wildman–Crippen MR) is 69.2 cm³/mol. The summed E-state index contributed by atoms with van der Waals surface area (Å²) < 4.78 is 0. The Hall–Kier alpha value is -1.79. The molecule has 92 valence electrons. The fourth-order valence-electron chi connectivity index (χ4n) is 1.36. The molecule has 0 aromatic carbocycles. The first kappa shape index (κ1) is 12.7. The third-order valence-corrected chi connectivity index (χ3v) is 4.13. The van der Waals surface area contributed by atoms with Crippen molar-refractivity contribution in [3.63, 3.8) is 0 Å². The molecule has 2 rings (SSSR count). The molecule has 0 saturated carbocycles. The number of carboxylic acids is 1. The second-order valence-electron chi connectivity index (χ2n) is 3.51. The number of hydrogen-bond acceptors (Lipinski definition) is 5. The Bertz CT molecular complexity index is 595. The fraction of sp³-hybridized carbons (Fsp3) is 0.0833. The van der Waals surface area contributed by atoms with Gasteiger partial charge in [-0.15, -0.1) is 22.7 Å². The molecule has 0 aliphatic rings. The Kier molecular flexibility index (Phi) is 3.69. The highest BCUT2D eigenvalue weighted by Gasteiger charge is 2.19. The summed E-state index contributed by atoms with van der Waals surface area (Å²) in [5, 5.41) is 12.2. The molecule has 18 heavy (non-hydrogen) atoms. The largest absolute Gasteiger partial charge is 0.475 e. The van der Waals surface area contributed by atoms with Crippen molar-refractivity contribution in [1.82, 2.24) is 0 Å². The second kappa shape index (κ2) is 5.24. The number of carbonyl (C=O) groups excluding carboxylic acids is 2. The van der Waals surface area contributed by atoms with Crippen molar-refractivity contribution >= 4 is 40.2 Å². The molecule has 0 fully saturated rings. The van der Waals surface area contributed by atoms with Gasteiger partial charge in [-0.2, -0.15) is 0 Å². The third kappa shape index (κ3) is 2.72. The number of ketones is 2. The number of carbonyl (C=O) groups is 3. The Morgan fingerprint density at radius 3 is 2.61 bits per heavy atom. The van der Waals surface area contributed by atoms with Crippen LogP contribution >= 0.6 is 22.7 Å². The normalized spacial score (nSPS) is 10.2. The van der Waals surface area contributed by atoms with Gasteiger partial charge in [0, 0.05) is 15.8 Å². The summed E-state index contributed by atoms with van der Waals surface area (Å²) in [6.07, 6.45) is -0.584. The van der Waals surface area contributed by atoms with Gasteiger partial charge in [0.25, 0.3) is 0 Å². The van der Waals surface area contributed by atoms with Gasteiger partial charge in [0.15, 0.2) is 5.78 Å². The van der Waals surface area contributed by atoms with Gasteiger partial charge in [-0.3, -0.25) is 9.59 Å². The zero-order valence-electron chi connectivity index (χ0n) is 9.08.